The van der Waals surface area contributed by atoms with Crippen molar-refractivity contribution in [2.75, 3.05) is 50.0 Å². The number of piperidine rings is 1. The van der Waals surface area contributed by atoms with E-state index in [1.807, 2.05) is 6.07 Å². The van der Waals surface area contributed by atoms with Crippen LogP contribution in [0.2, 0.25) is 0 Å². The van der Waals surface area contributed by atoms with Crippen molar-refractivity contribution in [2.45, 2.75) is 25.3 Å². The summed E-state index contributed by atoms with van der Waals surface area (Å²) in [4.78, 5) is 13.0. The second kappa shape index (κ2) is 7.55. The number of aromatic nitrogens is 5. The topological polar surface area (TPSA) is 98.2 Å². The van der Waals surface area contributed by atoms with E-state index in [4.69, 9.17) is 10.5 Å². The summed E-state index contributed by atoms with van der Waals surface area (Å²) in [6, 6.07) is 1.92. The van der Waals surface area contributed by atoms with Crippen LogP contribution < -0.4 is 10.6 Å². The molecule has 4 rings (SSSR count). The summed E-state index contributed by atoms with van der Waals surface area (Å²) in [7, 11) is 2.08. The number of nitrogens with two attached hydrogens (primary N) is 1. The molecular weight excluding hydrogens is 332 g/mol. The van der Waals surface area contributed by atoms with Gasteiger partial charge in [-0.15, -0.1) is 10.2 Å². The van der Waals surface area contributed by atoms with E-state index in [-0.39, 0.29) is 0 Å². The van der Waals surface area contributed by atoms with Gasteiger partial charge in [-0.25, -0.2) is 4.98 Å². The molecule has 0 saturated carbocycles. The zero-order valence-electron chi connectivity index (χ0n) is 15.2. The second-order valence-electron chi connectivity index (χ2n) is 6.98. The Morgan fingerprint density at radius 1 is 1.23 bits per heavy atom. The largest absolute Gasteiger partial charge is 0.379 e. The highest BCUT2D eigenvalue weighted by Gasteiger charge is 2.27. The molecule has 0 aromatic carbocycles. The summed E-state index contributed by atoms with van der Waals surface area (Å²) < 4.78 is 7.59. The molecule has 1 unspecified atom stereocenters. The van der Waals surface area contributed by atoms with Crippen molar-refractivity contribution in [2.24, 2.45) is 7.05 Å². The highest BCUT2D eigenvalue weighted by Crippen LogP contribution is 2.28. The normalized spacial score (nSPS) is 21.9. The van der Waals surface area contributed by atoms with Gasteiger partial charge >= 0.3 is 0 Å². The van der Waals surface area contributed by atoms with E-state index in [2.05, 4.69) is 41.6 Å². The van der Waals surface area contributed by atoms with Gasteiger partial charge in [-0.05, 0) is 18.9 Å². The number of nitrogens with zero attached hydrogens (tertiary/aromatic N) is 7. The zero-order chi connectivity index (χ0) is 17.9. The van der Waals surface area contributed by atoms with Gasteiger partial charge < -0.3 is 19.9 Å². The Morgan fingerprint density at radius 3 is 2.88 bits per heavy atom. The van der Waals surface area contributed by atoms with Crippen molar-refractivity contribution >= 4 is 11.8 Å². The molecule has 2 aromatic rings. The maximum atomic E-state index is 5.74. The molecule has 1 atom stereocenters. The SMILES string of the molecule is Cn1c(CN2CCOCC2)nnc1C1CCCN(c2ccnc(N)n2)C1. The number of nitrogen functional groups attached to an aromatic ring is 1. The van der Waals surface area contributed by atoms with E-state index >= 15 is 0 Å². The first-order valence-electron chi connectivity index (χ1n) is 9.22. The van der Waals surface area contributed by atoms with Gasteiger partial charge in [0.2, 0.25) is 5.95 Å². The molecule has 2 fully saturated rings. The van der Waals surface area contributed by atoms with Crippen LogP contribution in [0, 0.1) is 0 Å². The Hall–Kier alpha value is -2.26. The van der Waals surface area contributed by atoms with Gasteiger partial charge in [0.1, 0.15) is 17.5 Å². The highest BCUT2D eigenvalue weighted by atomic mass is 16.5. The van der Waals surface area contributed by atoms with Crippen LogP contribution in [-0.2, 0) is 18.3 Å². The summed E-state index contributed by atoms with van der Waals surface area (Å²) in [6.45, 7) is 6.18. The lowest BCUT2D eigenvalue weighted by atomic mass is 9.97. The van der Waals surface area contributed by atoms with E-state index in [1.54, 1.807) is 6.20 Å². The van der Waals surface area contributed by atoms with E-state index in [9.17, 15) is 0 Å². The molecule has 2 N–H and O–H groups in total. The third-order valence-corrected chi connectivity index (χ3v) is 5.24. The summed E-state index contributed by atoms with van der Waals surface area (Å²) in [6.07, 6.45) is 3.92. The van der Waals surface area contributed by atoms with Crippen molar-refractivity contribution in [1.82, 2.24) is 29.6 Å². The van der Waals surface area contributed by atoms with E-state index in [0.717, 1.165) is 76.2 Å². The lowest BCUT2D eigenvalue weighted by molar-refractivity contribution is 0.0326. The summed E-state index contributed by atoms with van der Waals surface area (Å²) in [5, 5.41) is 8.98. The minimum atomic E-state index is 0.316. The molecule has 0 aliphatic carbocycles. The summed E-state index contributed by atoms with van der Waals surface area (Å²) in [5.41, 5.74) is 5.74. The lowest BCUT2D eigenvalue weighted by Crippen LogP contribution is -2.37. The average Bonchev–Trinajstić information content (AvgIpc) is 3.03. The van der Waals surface area contributed by atoms with Crippen LogP contribution in [0.25, 0.3) is 0 Å². The average molecular weight is 358 g/mol. The van der Waals surface area contributed by atoms with Gasteiger partial charge in [-0.2, -0.15) is 4.98 Å². The molecule has 2 aromatic heterocycles. The molecule has 0 radical (unpaired) electrons. The van der Waals surface area contributed by atoms with Gasteiger partial charge in [-0.1, -0.05) is 0 Å². The predicted octanol–water partition coefficient (Wildman–Crippen LogP) is 0.404. The third-order valence-electron chi connectivity index (χ3n) is 5.24. The summed E-state index contributed by atoms with van der Waals surface area (Å²) in [5.74, 6) is 3.62. The maximum Gasteiger partial charge on any atom is 0.221 e. The molecule has 26 heavy (non-hydrogen) atoms. The number of anilines is 2. The Bertz CT molecular complexity index is 742. The molecule has 2 saturated heterocycles. The first kappa shape index (κ1) is 17.2. The number of rotatable bonds is 4. The number of ether oxygens (including phenoxy) is 1. The maximum absolute atomic E-state index is 5.74. The van der Waals surface area contributed by atoms with Crippen molar-refractivity contribution in [3.63, 3.8) is 0 Å². The third kappa shape index (κ3) is 3.63. The Labute approximate surface area is 153 Å². The van der Waals surface area contributed by atoms with Gasteiger partial charge in [-0.3, -0.25) is 4.90 Å². The monoisotopic (exact) mass is 358 g/mol. The Balaban J connectivity index is 1.46. The Kier molecular flexibility index (Phi) is 4.98. The smallest absolute Gasteiger partial charge is 0.221 e. The van der Waals surface area contributed by atoms with Crippen LogP contribution in [-0.4, -0.2) is 69.0 Å². The summed E-state index contributed by atoms with van der Waals surface area (Å²) >= 11 is 0. The quantitative estimate of drug-likeness (QED) is 0.839. The number of hydrogen-bond donors (Lipinski definition) is 1. The van der Waals surface area contributed by atoms with E-state index in [1.165, 1.54) is 0 Å². The molecule has 4 heterocycles. The first-order valence-corrected chi connectivity index (χ1v) is 9.22. The number of morpholine rings is 1. The van der Waals surface area contributed by atoms with Crippen molar-refractivity contribution in [3.8, 4) is 0 Å². The van der Waals surface area contributed by atoms with Gasteiger partial charge in [0, 0.05) is 45.3 Å². The lowest BCUT2D eigenvalue weighted by Gasteiger charge is -2.33. The minimum Gasteiger partial charge on any atom is -0.379 e. The fraction of sp³-hybridized carbons (Fsp3) is 0.647. The van der Waals surface area contributed by atoms with E-state index < -0.39 is 0 Å². The van der Waals surface area contributed by atoms with Crippen molar-refractivity contribution in [3.05, 3.63) is 23.9 Å². The Morgan fingerprint density at radius 2 is 2.08 bits per heavy atom. The molecule has 0 bridgehead atoms. The fourth-order valence-corrected chi connectivity index (χ4v) is 3.76. The van der Waals surface area contributed by atoms with Crippen LogP contribution in [0.1, 0.15) is 30.4 Å². The first-order chi connectivity index (χ1) is 12.7. The molecular formula is C17H26N8O. The molecule has 9 heteroatoms. The molecule has 0 amide bonds. The van der Waals surface area contributed by atoms with Crippen molar-refractivity contribution < 1.29 is 4.74 Å². The second-order valence-corrected chi connectivity index (χ2v) is 6.98. The van der Waals surface area contributed by atoms with E-state index in [0.29, 0.717) is 11.9 Å². The highest BCUT2D eigenvalue weighted by molar-refractivity contribution is 5.42. The van der Waals surface area contributed by atoms with Crippen LogP contribution in [0.3, 0.4) is 0 Å². The van der Waals surface area contributed by atoms with Gasteiger partial charge in [0.05, 0.1) is 19.8 Å². The van der Waals surface area contributed by atoms with Crippen molar-refractivity contribution in [1.29, 1.82) is 0 Å². The minimum absolute atomic E-state index is 0.316. The molecule has 2 aliphatic heterocycles. The molecule has 140 valence electrons. The molecule has 2 aliphatic rings. The molecule has 9 nitrogen and oxygen atoms in total. The van der Waals surface area contributed by atoms with Gasteiger partial charge in [0.25, 0.3) is 0 Å². The van der Waals surface area contributed by atoms with Gasteiger partial charge in [0.15, 0.2) is 0 Å². The van der Waals surface area contributed by atoms with Crippen LogP contribution in [0.5, 0.6) is 0 Å². The predicted molar refractivity (Wildman–Crippen MR) is 97.7 cm³/mol. The number of hydrogen-bond acceptors (Lipinski definition) is 8. The zero-order valence-corrected chi connectivity index (χ0v) is 15.2. The standard InChI is InChI=1S/C17H26N8O/c1-23-15(12-24-7-9-26-10-8-24)21-22-16(23)13-3-2-6-25(11-13)14-4-5-19-17(18)20-14/h4-5,13H,2-3,6-12H2,1H3,(H2,18,19,20). The van der Waals surface area contributed by atoms with Crippen LogP contribution in [0.4, 0.5) is 11.8 Å². The van der Waals surface area contributed by atoms with Crippen LogP contribution in [0.15, 0.2) is 12.3 Å². The fourth-order valence-electron chi connectivity index (χ4n) is 3.76. The van der Waals surface area contributed by atoms with Crippen LogP contribution >= 0.6 is 0 Å². The molecule has 0 spiro atoms.